The molecule has 6 heteroatoms. The second-order valence-corrected chi connectivity index (χ2v) is 7.47. The second-order valence-electron chi connectivity index (χ2n) is 7.11. The summed E-state index contributed by atoms with van der Waals surface area (Å²) in [5.41, 5.74) is 2.01. The van der Waals surface area contributed by atoms with Crippen molar-refractivity contribution in [3.63, 3.8) is 0 Å². The molecule has 3 aromatic rings. The number of hydrogen-bond acceptors (Lipinski definition) is 3. The largest absolute Gasteiger partial charge is 0.316 e. The van der Waals surface area contributed by atoms with Crippen LogP contribution >= 0.6 is 12.2 Å². The highest BCUT2D eigenvalue weighted by Crippen LogP contribution is 2.21. The molecule has 5 nitrogen and oxygen atoms in total. The van der Waals surface area contributed by atoms with Gasteiger partial charge in [0.2, 0.25) is 4.77 Å². The Labute approximate surface area is 158 Å². The normalized spacial score (nSPS) is 20.2. The first kappa shape index (κ1) is 17.1. The fourth-order valence-electron chi connectivity index (χ4n) is 3.54. The Balaban J connectivity index is 1.75. The number of hydrogen-bond donors (Lipinski definition) is 1. The number of piperidine rings is 1. The van der Waals surface area contributed by atoms with Gasteiger partial charge in [0.05, 0.1) is 13.1 Å². The third-order valence-electron chi connectivity index (χ3n) is 5.13. The molecule has 0 radical (unpaired) electrons. The summed E-state index contributed by atoms with van der Waals surface area (Å²) < 4.78 is 4.77. The summed E-state index contributed by atoms with van der Waals surface area (Å²) in [6, 6.07) is 14.2. The number of aromatic nitrogens is 4. The summed E-state index contributed by atoms with van der Waals surface area (Å²) in [5, 5.41) is 4.88. The van der Waals surface area contributed by atoms with Crippen LogP contribution in [0.1, 0.15) is 19.8 Å². The van der Waals surface area contributed by atoms with Gasteiger partial charge in [0.25, 0.3) is 0 Å². The van der Waals surface area contributed by atoms with Crippen molar-refractivity contribution in [3.8, 4) is 17.1 Å². The first-order valence-electron chi connectivity index (χ1n) is 9.21. The molecule has 4 rings (SSSR count). The minimum Gasteiger partial charge on any atom is -0.316 e. The number of likely N-dealkylation sites (tertiary alicyclic amines) is 1. The number of nitrogens with one attached hydrogen (secondary N) is 1. The van der Waals surface area contributed by atoms with Gasteiger partial charge in [0.1, 0.15) is 0 Å². The van der Waals surface area contributed by atoms with Gasteiger partial charge in [-0.05, 0) is 55.2 Å². The quantitative estimate of drug-likeness (QED) is 0.722. The average molecular weight is 367 g/mol. The number of para-hydroxylation sites is 1. The van der Waals surface area contributed by atoms with E-state index in [2.05, 4.69) is 28.6 Å². The lowest BCUT2D eigenvalue weighted by Crippen LogP contribution is -3.12. The maximum Gasteiger partial charge on any atom is 0.207 e. The van der Waals surface area contributed by atoms with E-state index in [1.165, 1.54) is 25.9 Å². The maximum atomic E-state index is 5.82. The van der Waals surface area contributed by atoms with Crippen LogP contribution in [0.5, 0.6) is 0 Å². The number of pyridine rings is 1. The van der Waals surface area contributed by atoms with E-state index in [0.717, 1.165) is 34.4 Å². The lowest BCUT2D eigenvalue weighted by Gasteiger charge is -2.26. The fourth-order valence-corrected chi connectivity index (χ4v) is 3.84. The third-order valence-corrected chi connectivity index (χ3v) is 5.52. The Morgan fingerprint density at radius 1 is 1.12 bits per heavy atom. The van der Waals surface area contributed by atoms with Gasteiger partial charge in [-0.2, -0.15) is 4.68 Å². The fraction of sp³-hybridized carbons (Fsp3) is 0.350. The average Bonchev–Trinajstić information content (AvgIpc) is 3.01. The number of benzene rings is 1. The second kappa shape index (κ2) is 7.51. The highest BCUT2D eigenvalue weighted by atomic mass is 32.1. The van der Waals surface area contributed by atoms with Crippen molar-refractivity contribution >= 4 is 12.2 Å². The molecule has 0 aliphatic carbocycles. The minimum atomic E-state index is 0.737. The van der Waals surface area contributed by atoms with Gasteiger partial charge in [0, 0.05) is 23.6 Å². The highest BCUT2D eigenvalue weighted by molar-refractivity contribution is 7.71. The van der Waals surface area contributed by atoms with E-state index in [1.807, 2.05) is 41.2 Å². The van der Waals surface area contributed by atoms with E-state index in [4.69, 9.17) is 17.3 Å². The monoisotopic (exact) mass is 366 g/mol. The van der Waals surface area contributed by atoms with E-state index in [9.17, 15) is 0 Å². The van der Waals surface area contributed by atoms with Crippen LogP contribution in [0.25, 0.3) is 17.1 Å². The van der Waals surface area contributed by atoms with Crippen LogP contribution in [0.4, 0.5) is 0 Å². The molecule has 0 saturated carbocycles. The van der Waals surface area contributed by atoms with E-state index in [1.54, 1.807) is 11.1 Å². The SMILES string of the molecule is CC1CC[NH+](Cn2nc(-c3cccnc3)n(-c3ccccc3)c2=S)CC1. The smallest absolute Gasteiger partial charge is 0.207 e. The summed E-state index contributed by atoms with van der Waals surface area (Å²) in [5.74, 6) is 1.68. The van der Waals surface area contributed by atoms with E-state index < -0.39 is 0 Å². The molecule has 0 amide bonds. The van der Waals surface area contributed by atoms with Crippen LogP contribution in [0, 0.1) is 10.7 Å². The lowest BCUT2D eigenvalue weighted by molar-refractivity contribution is -0.929. The first-order chi connectivity index (χ1) is 12.7. The van der Waals surface area contributed by atoms with Crippen LogP contribution in [-0.4, -0.2) is 32.4 Å². The molecule has 1 aliphatic heterocycles. The van der Waals surface area contributed by atoms with Crippen LogP contribution in [0.15, 0.2) is 54.9 Å². The van der Waals surface area contributed by atoms with Crippen molar-refractivity contribution in [2.45, 2.75) is 26.4 Å². The van der Waals surface area contributed by atoms with Crippen molar-refractivity contribution in [2.24, 2.45) is 5.92 Å². The third kappa shape index (κ3) is 3.48. The number of quaternary nitrogens is 1. The standard InChI is InChI=1S/C20H23N5S/c1-16-9-12-23(13-10-16)15-24-20(26)25(18-7-3-2-4-8-18)19(22-24)17-6-5-11-21-14-17/h2-8,11,14,16H,9-10,12-13,15H2,1H3/p+1. The molecule has 0 bridgehead atoms. The minimum absolute atomic E-state index is 0.737. The first-order valence-corrected chi connectivity index (χ1v) is 9.62. The zero-order valence-corrected chi connectivity index (χ0v) is 15.8. The molecule has 0 atom stereocenters. The summed E-state index contributed by atoms with van der Waals surface area (Å²) in [6.45, 7) is 5.53. The van der Waals surface area contributed by atoms with Gasteiger partial charge in [0.15, 0.2) is 12.5 Å². The molecule has 1 fully saturated rings. The van der Waals surface area contributed by atoms with Gasteiger partial charge in [-0.15, -0.1) is 5.10 Å². The van der Waals surface area contributed by atoms with Crippen molar-refractivity contribution in [1.82, 2.24) is 19.3 Å². The van der Waals surface area contributed by atoms with Gasteiger partial charge in [-0.3, -0.25) is 9.55 Å². The molecular formula is C20H24N5S+. The predicted octanol–water partition coefficient (Wildman–Crippen LogP) is 2.74. The lowest BCUT2D eigenvalue weighted by atomic mass is 10.00. The van der Waals surface area contributed by atoms with E-state index in [0.29, 0.717) is 0 Å². The molecule has 2 aromatic heterocycles. The van der Waals surface area contributed by atoms with Crippen molar-refractivity contribution in [1.29, 1.82) is 0 Å². The van der Waals surface area contributed by atoms with Gasteiger partial charge >= 0.3 is 0 Å². The molecule has 1 saturated heterocycles. The van der Waals surface area contributed by atoms with Gasteiger partial charge < -0.3 is 4.90 Å². The van der Waals surface area contributed by atoms with Crippen molar-refractivity contribution < 1.29 is 4.90 Å². The van der Waals surface area contributed by atoms with Gasteiger partial charge in [-0.25, -0.2) is 0 Å². The topological polar surface area (TPSA) is 40.1 Å². The summed E-state index contributed by atoms with van der Waals surface area (Å²) >= 11 is 5.82. The zero-order valence-electron chi connectivity index (χ0n) is 15.0. The Hall–Kier alpha value is -2.31. The highest BCUT2D eigenvalue weighted by Gasteiger charge is 2.22. The summed E-state index contributed by atoms with van der Waals surface area (Å²) in [4.78, 5) is 5.81. The molecule has 1 aromatic carbocycles. The Kier molecular flexibility index (Phi) is 4.95. The molecule has 3 heterocycles. The molecule has 1 aliphatic rings. The summed E-state index contributed by atoms with van der Waals surface area (Å²) in [7, 11) is 0. The predicted molar refractivity (Wildman–Crippen MR) is 105 cm³/mol. The van der Waals surface area contributed by atoms with Crippen LogP contribution in [0.2, 0.25) is 0 Å². The number of nitrogens with zero attached hydrogens (tertiary/aromatic N) is 4. The van der Waals surface area contributed by atoms with Crippen molar-refractivity contribution in [2.75, 3.05) is 13.1 Å². The molecule has 0 spiro atoms. The van der Waals surface area contributed by atoms with Crippen LogP contribution in [0.3, 0.4) is 0 Å². The molecule has 26 heavy (non-hydrogen) atoms. The van der Waals surface area contributed by atoms with Crippen LogP contribution in [-0.2, 0) is 6.67 Å². The van der Waals surface area contributed by atoms with Crippen LogP contribution < -0.4 is 4.90 Å². The van der Waals surface area contributed by atoms with E-state index >= 15 is 0 Å². The maximum absolute atomic E-state index is 5.82. The number of rotatable bonds is 4. The van der Waals surface area contributed by atoms with E-state index in [-0.39, 0.29) is 0 Å². The molecule has 0 unspecified atom stereocenters. The zero-order chi connectivity index (χ0) is 17.9. The Bertz CT molecular complexity index is 908. The molecule has 134 valence electrons. The Morgan fingerprint density at radius 2 is 1.88 bits per heavy atom. The molecule has 1 N–H and O–H groups in total. The molecular weight excluding hydrogens is 342 g/mol. The van der Waals surface area contributed by atoms with Crippen molar-refractivity contribution in [3.05, 3.63) is 59.6 Å². The Morgan fingerprint density at radius 3 is 2.58 bits per heavy atom. The summed E-state index contributed by atoms with van der Waals surface area (Å²) in [6.07, 6.45) is 6.17. The van der Waals surface area contributed by atoms with Gasteiger partial charge in [-0.1, -0.05) is 25.1 Å².